The predicted octanol–water partition coefficient (Wildman–Crippen LogP) is 1.15. The molecular weight excluding hydrogens is 248 g/mol. The summed E-state index contributed by atoms with van der Waals surface area (Å²) in [5.74, 6) is -1.17. The number of carbonyl (C=O) groups is 2. The van der Waals surface area contributed by atoms with E-state index in [9.17, 15) is 9.59 Å². The van der Waals surface area contributed by atoms with Crippen molar-refractivity contribution in [1.29, 1.82) is 0 Å². The minimum absolute atomic E-state index is 0.107. The highest BCUT2D eigenvalue weighted by Crippen LogP contribution is 2.38. The van der Waals surface area contributed by atoms with Crippen molar-refractivity contribution < 1.29 is 19.4 Å². The van der Waals surface area contributed by atoms with Crippen molar-refractivity contribution in [2.75, 3.05) is 23.8 Å². The summed E-state index contributed by atoms with van der Waals surface area (Å²) < 4.78 is 5.38. The van der Waals surface area contributed by atoms with Gasteiger partial charge in [-0.1, -0.05) is 0 Å². The van der Waals surface area contributed by atoms with Crippen molar-refractivity contribution >= 4 is 23.3 Å². The number of carbonyl (C=O) groups excluding carboxylic acids is 1. The van der Waals surface area contributed by atoms with Gasteiger partial charge in [-0.2, -0.15) is 0 Å². The summed E-state index contributed by atoms with van der Waals surface area (Å²) in [6, 6.07) is 4.54. The van der Waals surface area contributed by atoms with Crippen molar-refractivity contribution in [3.8, 4) is 0 Å². The van der Waals surface area contributed by atoms with Gasteiger partial charge in [0.1, 0.15) is 0 Å². The van der Waals surface area contributed by atoms with Gasteiger partial charge < -0.3 is 20.5 Å². The molecule has 1 aromatic carbocycles. The molecule has 0 aliphatic carbocycles. The summed E-state index contributed by atoms with van der Waals surface area (Å²) in [4.78, 5) is 23.2. The number of nitrogens with one attached hydrogen (secondary N) is 2. The molecule has 3 rings (SSSR count). The second-order valence-electron chi connectivity index (χ2n) is 5.15. The largest absolute Gasteiger partial charge is 0.478 e. The van der Waals surface area contributed by atoms with E-state index in [1.54, 1.807) is 6.07 Å². The summed E-state index contributed by atoms with van der Waals surface area (Å²) in [7, 11) is 0. The van der Waals surface area contributed by atoms with Crippen LogP contribution < -0.4 is 10.6 Å². The number of ether oxygens (including phenoxy) is 1. The van der Waals surface area contributed by atoms with E-state index in [1.165, 1.54) is 12.1 Å². The molecule has 2 aliphatic heterocycles. The first-order chi connectivity index (χ1) is 9.00. The first-order valence-electron chi connectivity index (χ1n) is 6.04. The summed E-state index contributed by atoms with van der Waals surface area (Å²) in [6.07, 6.45) is 0. The van der Waals surface area contributed by atoms with Gasteiger partial charge in [-0.05, 0) is 25.1 Å². The Balaban J connectivity index is 2.04. The van der Waals surface area contributed by atoms with E-state index in [4.69, 9.17) is 9.84 Å². The molecule has 1 fully saturated rings. The second-order valence-corrected chi connectivity index (χ2v) is 5.15. The fourth-order valence-electron chi connectivity index (χ4n) is 2.46. The summed E-state index contributed by atoms with van der Waals surface area (Å²) in [6.45, 7) is 2.66. The Morgan fingerprint density at radius 1 is 1.47 bits per heavy atom. The van der Waals surface area contributed by atoms with E-state index >= 15 is 0 Å². The number of benzene rings is 1. The highest BCUT2D eigenvalue weighted by atomic mass is 16.5. The third-order valence-electron chi connectivity index (χ3n) is 3.82. The van der Waals surface area contributed by atoms with Crippen molar-refractivity contribution in [3.05, 3.63) is 23.8 Å². The topological polar surface area (TPSA) is 87.7 Å². The molecule has 19 heavy (non-hydrogen) atoms. The number of amides is 1. The Bertz CT molecular complexity index is 572. The fourth-order valence-corrected chi connectivity index (χ4v) is 2.46. The van der Waals surface area contributed by atoms with E-state index < -0.39 is 11.4 Å². The molecule has 6 heteroatoms. The van der Waals surface area contributed by atoms with Gasteiger partial charge in [0.05, 0.1) is 41.6 Å². The molecule has 0 bridgehead atoms. The quantitative estimate of drug-likeness (QED) is 0.706. The van der Waals surface area contributed by atoms with Gasteiger partial charge in [-0.25, -0.2) is 4.79 Å². The maximum Gasteiger partial charge on any atom is 0.335 e. The Morgan fingerprint density at radius 2 is 2.26 bits per heavy atom. The molecular formula is C13H14N2O4. The lowest BCUT2D eigenvalue weighted by molar-refractivity contribution is -0.124. The highest BCUT2D eigenvalue weighted by Gasteiger charge is 2.48. The van der Waals surface area contributed by atoms with Gasteiger partial charge in [0.15, 0.2) is 0 Å². The first-order valence-corrected chi connectivity index (χ1v) is 6.04. The molecule has 2 unspecified atom stereocenters. The zero-order valence-corrected chi connectivity index (χ0v) is 10.4. The Morgan fingerprint density at radius 3 is 3.00 bits per heavy atom. The normalized spacial score (nSPS) is 28.7. The van der Waals surface area contributed by atoms with Crippen LogP contribution in [-0.2, 0) is 9.53 Å². The minimum Gasteiger partial charge on any atom is -0.478 e. The van der Waals surface area contributed by atoms with Gasteiger partial charge in [-0.15, -0.1) is 0 Å². The fraction of sp³-hybridized carbons (Fsp3) is 0.385. The van der Waals surface area contributed by atoms with Gasteiger partial charge in [0.25, 0.3) is 0 Å². The third kappa shape index (κ3) is 1.76. The maximum absolute atomic E-state index is 12.3. The lowest BCUT2D eigenvalue weighted by Crippen LogP contribution is -2.44. The second kappa shape index (κ2) is 3.96. The molecule has 0 saturated carbocycles. The molecule has 6 nitrogen and oxygen atoms in total. The van der Waals surface area contributed by atoms with Crippen LogP contribution in [0.25, 0.3) is 0 Å². The van der Waals surface area contributed by atoms with Gasteiger partial charge in [-0.3, -0.25) is 4.79 Å². The van der Waals surface area contributed by atoms with Crippen molar-refractivity contribution in [1.82, 2.24) is 0 Å². The van der Waals surface area contributed by atoms with E-state index in [2.05, 4.69) is 10.6 Å². The maximum atomic E-state index is 12.3. The zero-order chi connectivity index (χ0) is 13.6. The molecule has 0 spiro atoms. The third-order valence-corrected chi connectivity index (χ3v) is 3.82. The van der Waals surface area contributed by atoms with Crippen LogP contribution in [0.15, 0.2) is 18.2 Å². The van der Waals surface area contributed by atoms with Crippen LogP contribution in [-0.4, -0.2) is 36.2 Å². The minimum atomic E-state index is -1.02. The van der Waals surface area contributed by atoms with Crippen LogP contribution in [0, 0.1) is 5.41 Å². The molecule has 2 aliphatic rings. The van der Waals surface area contributed by atoms with Gasteiger partial charge in [0, 0.05) is 0 Å². The van der Waals surface area contributed by atoms with Crippen LogP contribution in [0.2, 0.25) is 0 Å². The number of fused-ring (bicyclic) bond motifs is 2. The van der Waals surface area contributed by atoms with Crippen LogP contribution in [0.1, 0.15) is 17.3 Å². The summed E-state index contributed by atoms with van der Waals surface area (Å²) in [5, 5.41) is 15.0. The SMILES string of the molecule is CC12COCC1Nc1ccc(C(=O)O)cc1NC2=O. The van der Waals surface area contributed by atoms with Crippen molar-refractivity contribution in [2.45, 2.75) is 13.0 Å². The monoisotopic (exact) mass is 262 g/mol. The molecule has 0 aromatic heterocycles. The van der Waals surface area contributed by atoms with Gasteiger partial charge in [0.2, 0.25) is 5.91 Å². The number of aromatic carboxylic acids is 1. The number of hydrogen-bond acceptors (Lipinski definition) is 4. The van der Waals surface area contributed by atoms with Crippen LogP contribution in [0.5, 0.6) is 0 Å². The van der Waals surface area contributed by atoms with Gasteiger partial charge >= 0.3 is 5.97 Å². The first kappa shape index (κ1) is 12.0. The molecule has 1 amide bonds. The predicted molar refractivity (Wildman–Crippen MR) is 68.4 cm³/mol. The Hall–Kier alpha value is -2.08. The van der Waals surface area contributed by atoms with Crippen LogP contribution >= 0.6 is 0 Å². The number of carboxylic acid groups (broad SMARTS) is 1. The summed E-state index contributed by atoms with van der Waals surface area (Å²) in [5.41, 5.74) is 0.731. The number of anilines is 2. The molecule has 2 heterocycles. The van der Waals surface area contributed by atoms with Crippen molar-refractivity contribution in [2.24, 2.45) is 5.41 Å². The van der Waals surface area contributed by atoms with Crippen molar-refractivity contribution in [3.63, 3.8) is 0 Å². The average Bonchev–Trinajstić information content (AvgIpc) is 2.69. The molecule has 1 aromatic rings. The zero-order valence-electron chi connectivity index (χ0n) is 10.4. The molecule has 2 atom stereocenters. The Labute approximate surface area is 109 Å². The lowest BCUT2D eigenvalue weighted by atomic mass is 9.84. The molecule has 3 N–H and O–H groups in total. The van der Waals surface area contributed by atoms with E-state index in [0.717, 1.165) is 5.69 Å². The highest BCUT2D eigenvalue weighted by molar-refractivity contribution is 6.02. The van der Waals surface area contributed by atoms with E-state index in [-0.39, 0.29) is 17.5 Å². The molecule has 1 saturated heterocycles. The average molecular weight is 262 g/mol. The standard InChI is InChI=1S/C13H14N2O4/c1-13-6-19-5-10(13)14-8-3-2-7(11(16)17)4-9(8)15-12(13)18/h2-4,10,14H,5-6H2,1H3,(H,15,18)(H,16,17). The smallest absolute Gasteiger partial charge is 0.335 e. The van der Waals surface area contributed by atoms with Crippen LogP contribution in [0.3, 0.4) is 0 Å². The summed E-state index contributed by atoms with van der Waals surface area (Å²) >= 11 is 0. The molecule has 0 radical (unpaired) electrons. The van der Waals surface area contributed by atoms with Crippen LogP contribution in [0.4, 0.5) is 11.4 Å². The number of carboxylic acids is 1. The lowest BCUT2D eigenvalue weighted by Gasteiger charge is -2.25. The Kier molecular flexibility index (Phi) is 2.50. The van der Waals surface area contributed by atoms with E-state index in [0.29, 0.717) is 18.9 Å². The number of hydrogen-bond donors (Lipinski definition) is 3. The number of rotatable bonds is 1. The van der Waals surface area contributed by atoms with E-state index in [1.807, 2.05) is 6.92 Å². The molecule has 100 valence electrons.